The Balaban J connectivity index is 1.68. The molecule has 8 heteroatoms. The van der Waals surface area contributed by atoms with Crippen LogP contribution in [0.3, 0.4) is 0 Å². The first kappa shape index (κ1) is 25.3. The van der Waals surface area contributed by atoms with Crippen molar-refractivity contribution >= 4 is 29.2 Å². The summed E-state index contributed by atoms with van der Waals surface area (Å²) in [5.41, 5.74) is 4.36. The lowest BCUT2D eigenvalue weighted by atomic mass is 10.1. The van der Waals surface area contributed by atoms with Crippen LogP contribution < -0.4 is 20.1 Å². The zero-order chi connectivity index (χ0) is 25.5. The highest BCUT2D eigenvalue weighted by molar-refractivity contribution is 6.02. The molecule has 2 amide bonds. The molecule has 3 aromatic carbocycles. The van der Waals surface area contributed by atoms with E-state index in [1.54, 1.807) is 0 Å². The van der Waals surface area contributed by atoms with Gasteiger partial charge in [0.05, 0.1) is 16.9 Å². The SMILES string of the molecule is Cc1cc(C)cc(OCC(=O)Nc2ccc(C(=O)O)cc2NC(=O)COc2cc(C)cc(C)c2)c1. The van der Waals surface area contributed by atoms with Gasteiger partial charge in [-0.05, 0) is 92.4 Å². The molecule has 0 saturated heterocycles. The van der Waals surface area contributed by atoms with E-state index >= 15 is 0 Å². The normalized spacial score (nSPS) is 10.4. The Hall–Kier alpha value is -4.33. The summed E-state index contributed by atoms with van der Waals surface area (Å²) in [5.74, 6) is -1.02. The summed E-state index contributed by atoms with van der Waals surface area (Å²) in [6.45, 7) is 7.17. The number of aromatic carboxylic acids is 1. The second-order valence-electron chi connectivity index (χ2n) is 8.39. The smallest absolute Gasteiger partial charge is 0.335 e. The van der Waals surface area contributed by atoms with Crippen molar-refractivity contribution in [3.63, 3.8) is 0 Å². The van der Waals surface area contributed by atoms with Gasteiger partial charge < -0.3 is 25.2 Å². The van der Waals surface area contributed by atoms with Crippen LogP contribution in [0.25, 0.3) is 0 Å². The molecule has 0 heterocycles. The van der Waals surface area contributed by atoms with Gasteiger partial charge in [0.15, 0.2) is 13.2 Å². The molecule has 182 valence electrons. The van der Waals surface area contributed by atoms with Crippen molar-refractivity contribution in [3.05, 3.63) is 82.4 Å². The standard InChI is InChI=1S/C27H28N2O6/c1-16-7-17(2)10-21(9-16)34-14-25(30)28-23-6-5-20(27(32)33)13-24(23)29-26(31)15-35-22-11-18(3)8-19(4)12-22/h5-13H,14-15H2,1-4H3,(H,28,30)(H,29,31)(H,32,33). The Morgan fingerprint density at radius 3 is 1.51 bits per heavy atom. The van der Waals surface area contributed by atoms with E-state index in [1.807, 2.05) is 64.1 Å². The summed E-state index contributed by atoms with van der Waals surface area (Å²) < 4.78 is 11.1. The van der Waals surface area contributed by atoms with Gasteiger partial charge in [0.25, 0.3) is 11.8 Å². The molecular weight excluding hydrogens is 448 g/mol. The number of benzene rings is 3. The van der Waals surface area contributed by atoms with Gasteiger partial charge in [-0.3, -0.25) is 9.59 Å². The summed E-state index contributed by atoms with van der Waals surface area (Å²) in [7, 11) is 0. The Kier molecular flexibility index (Phi) is 8.09. The highest BCUT2D eigenvalue weighted by atomic mass is 16.5. The molecule has 0 aliphatic heterocycles. The highest BCUT2D eigenvalue weighted by Crippen LogP contribution is 2.24. The number of amides is 2. The van der Waals surface area contributed by atoms with Crippen molar-refractivity contribution in [2.24, 2.45) is 0 Å². The van der Waals surface area contributed by atoms with Crippen LogP contribution in [0.15, 0.2) is 54.6 Å². The lowest BCUT2D eigenvalue weighted by molar-refractivity contribution is -0.119. The van der Waals surface area contributed by atoms with Crippen molar-refractivity contribution in [2.75, 3.05) is 23.8 Å². The van der Waals surface area contributed by atoms with Crippen molar-refractivity contribution < 1.29 is 29.0 Å². The van der Waals surface area contributed by atoms with Gasteiger partial charge in [0.2, 0.25) is 0 Å². The largest absolute Gasteiger partial charge is 0.484 e. The minimum Gasteiger partial charge on any atom is -0.484 e. The first-order valence-corrected chi connectivity index (χ1v) is 11.0. The maximum atomic E-state index is 12.5. The molecule has 0 aromatic heterocycles. The molecule has 35 heavy (non-hydrogen) atoms. The van der Waals surface area contributed by atoms with E-state index in [4.69, 9.17) is 9.47 Å². The molecule has 0 bridgehead atoms. The van der Waals surface area contributed by atoms with Crippen LogP contribution in [0, 0.1) is 27.7 Å². The lowest BCUT2D eigenvalue weighted by Crippen LogP contribution is -2.24. The summed E-state index contributed by atoms with van der Waals surface area (Å²) in [6.07, 6.45) is 0. The van der Waals surface area contributed by atoms with Crippen molar-refractivity contribution in [1.82, 2.24) is 0 Å². The van der Waals surface area contributed by atoms with Crippen LogP contribution in [0.2, 0.25) is 0 Å². The third-order valence-corrected chi connectivity index (χ3v) is 4.94. The predicted octanol–water partition coefficient (Wildman–Crippen LogP) is 4.65. The van der Waals surface area contributed by atoms with E-state index in [9.17, 15) is 19.5 Å². The highest BCUT2D eigenvalue weighted by Gasteiger charge is 2.14. The van der Waals surface area contributed by atoms with Crippen LogP contribution >= 0.6 is 0 Å². The van der Waals surface area contributed by atoms with Gasteiger partial charge in [-0.1, -0.05) is 12.1 Å². The van der Waals surface area contributed by atoms with Crippen molar-refractivity contribution in [2.45, 2.75) is 27.7 Å². The van der Waals surface area contributed by atoms with Gasteiger partial charge in [-0.25, -0.2) is 4.79 Å². The summed E-state index contributed by atoms with van der Waals surface area (Å²) in [6, 6.07) is 15.3. The van der Waals surface area contributed by atoms with E-state index < -0.39 is 17.8 Å². The summed E-state index contributed by atoms with van der Waals surface area (Å²) in [4.78, 5) is 36.4. The number of aryl methyl sites for hydroxylation is 4. The number of carboxylic acids is 1. The van der Waals surface area contributed by atoms with E-state index in [0.29, 0.717) is 11.5 Å². The molecule has 0 spiro atoms. The average molecular weight is 477 g/mol. The molecule has 0 radical (unpaired) electrons. The first-order valence-electron chi connectivity index (χ1n) is 11.0. The minimum atomic E-state index is -1.16. The second kappa shape index (κ2) is 11.2. The average Bonchev–Trinajstić information content (AvgIpc) is 2.76. The molecule has 0 aliphatic rings. The molecule has 0 fully saturated rings. The van der Waals surface area contributed by atoms with Crippen LogP contribution in [0.5, 0.6) is 11.5 Å². The molecule has 0 aliphatic carbocycles. The maximum absolute atomic E-state index is 12.5. The molecule has 8 nitrogen and oxygen atoms in total. The zero-order valence-electron chi connectivity index (χ0n) is 20.1. The van der Waals surface area contributed by atoms with E-state index in [1.165, 1.54) is 18.2 Å². The number of ether oxygens (including phenoxy) is 2. The Morgan fingerprint density at radius 1 is 0.657 bits per heavy atom. The van der Waals surface area contributed by atoms with Gasteiger partial charge in [0, 0.05) is 0 Å². The van der Waals surface area contributed by atoms with Crippen LogP contribution in [-0.2, 0) is 9.59 Å². The fourth-order valence-corrected chi connectivity index (χ4v) is 3.59. The minimum absolute atomic E-state index is 0.0417. The molecule has 0 saturated carbocycles. The molecule has 0 unspecified atom stereocenters. The van der Waals surface area contributed by atoms with Gasteiger partial charge in [0.1, 0.15) is 11.5 Å². The van der Waals surface area contributed by atoms with Gasteiger partial charge >= 0.3 is 5.97 Å². The van der Waals surface area contributed by atoms with Crippen LogP contribution in [-0.4, -0.2) is 36.1 Å². The van der Waals surface area contributed by atoms with E-state index in [0.717, 1.165) is 22.3 Å². The van der Waals surface area contributed by atoms with E-state index in [2.05, 4.69) is 10.6 Å². The topological polar surface area (TPSA) is 114 Å². The number of carbonyl (C=O) groups excluding carboxylic acids is 2. The number of nitrogens with one attached hydrogen (secondary N) is 2. The number of rotatable bonds is 9. The zero-order valence-corrected chi connectivity index (χ0v) is 20.1. The Labute approximate surface area is 203 Å². The van der Waals surface area contributed by atoms with Crippen LogP contribution in [0.1, 0.15) is 32.6 Å². The fourth-order valence-electron chi connectivity index (χ4n) is 3.59. The molecular formula is C27H28N2O6. The van der Waals surface area contributed by atoms with Crippen LogP contribution in [0.4, 0.5) is 11.4 Å². The monoisotopic (exact) mass is 476 g/mol. The van der Waals surface area contributed by atoms with E-state index in [-0.39, 0.29) is 30.2 Å². The maximum Gasteiger partial charge on any atom is 0.335 e. The Morgan fingerprint density at radius 2 is 1.09 bits per heavy atom. The van der Waals surface area contributed by atoms with Crippen molar-refractivity contribution in [1.29, 1.82) is 0 Å². The molecule has 0 atom stereocenters. The number of hydrogen-bond acceptors (Lipinski definition) is 5. The quantitative estimate of drug-likeness (QED) is 0.414. The molecule has 3 rings (SSSR count). The lowest BCUT2D eigenvalue weighted by Gasteiger charge is -2.14. The van der Waals surface area contributed by atoms with Gasteiger partial charge in [-0.2, -0.15) is 0 Å². The van der Waals surface area contributed by atoms with Gasteiger partial charge in [-0.15, -0.1) is 0 Å². The van der Waals surface area contributed by atoms with Crippen molar-refractivity contribution in [3.8, 4) is 11.5 Å². The Bertz CT molecular complexity index is 1230. The number of hydrogen-bond donors (Lipinski definition) is 3. The third kappa shape index (κ3) is 7.60. The molecule has 3 aromatic rings. The predicted molar refractivity (Wildman–Crippen MR) is 133 cm³/mol. The second-order valence-corrected chi connectivity index (χ2v) is 8.39. The fraction of sp³-hybridized carbons (Fsp3) is 0.222. The number of carbonyl (C=O) groups is 3. The summed E-state index contributed by atoms with van der Waals surface area (Å²) in [5, 5.41) is 14.6. The summed E-state index contributed by atoms with van der Waals surface area (Å²) >= 11 is 0. The number of anilines is 2. The molecule has 3 N–H and O–H groups in total. The number of carboxylic acid groups (broad SMARTS) is 1. The third-order valence-electron chi connectivity index (χ3n) is 4.94. The first-order chi connectivity index (χ1) is 16.6.